The van der Waals surface area contributed by atoms with Gasteiger partial charge in [0.25, 0.3) is 0 Å². The van der Waals surface area contributed by atoms with Gasteiger partial charge in [-0.1, -0.05) is 49.1 Å². The molecular formula is C16H18O3. The van der Waals surface area contributed by atoms with Gasteiger partial charge in [0.05, 0.1) is 6.61 Å². The Bertz CT molecular complexity index is 473. The number of rotatable bonds is 7. The second-order valence-electron chi connectivity index (χ2n) is 3.61. The Kier molecular flexibility index (Phi) is 6.80. The number of benzene rings is 1. The Balaban J connectivity index is 2.65. The van der Waals surface area contributed by atoms with Gasteiger partial charge >= 0.3 is 5.97 Å². The van der Waals surface area contributed by atoms with E-state index in [9.17, 15) is 4.79 Å². The van der Waals surface area contributed by atoms with Crippen LogP contribution in [-0.4, -0.2) is 19.2 Å². The zero-order valence-corrected chi connectivity index (χ0v) is 11.0. The van der Waals surface area contributed by atoms with Crippen LogP contribution in [0, 0.1) is 0 Å². The Morgan fingerprint density at radius 2 is 2.11 bits per heavy atom. The van der Waals surface area contributed by atoms with Crippen molar-refractivity contribution in [1.82, 2.24) is 0 Å². The van der Waals surface area contributed by atoms with Gasteiger partial charge in [0.15, 0.2) is 0 Å². The van der Waals surface area contributed by atoms with E-state index in [-0.39, 0.29) is 5.97 Å². The van der Waals surface area contributed by atoms with E-state index < -0.39 is 0 Å². The van der Waals surface area contributed by atoms with Crippen LogP contribution in [-0.2, 0) is 9.53 Å². The number of carbonyl (C=O) groups is 1. The monoisotopic (exact) mass is 258 g/mol. The molecular weight excluding hydrogens is 240 g/mol. The fraction of sp³-hybridized carbons (Fsp3) is 0.188. The minimum absolute atomic E-state index is 0.344. The van der Waals surface area contributed by atoms with Gasteiger partial charge in [0.2, 0.25) is 0 Å². The van der Waals surface area contributed by atoms with Gasteiger partial charge in [0, 0.05) is 11.6 Å². The van der Waals surface area contributed by atoms with Crippen LogP contribution in [0.15, 0.2) is 55.1 Å². The normalized spacial score (nSPS) is 10.8. The summed E-state index contributed by atoms with van der Waals surface area (Å²) in [5.41, 5.74) is 0.942. The van der Waals surface area contributed by atoms with Gasteiger partial charge < -0.3 is 9.47 Å². The summed E-state index contributed by atoms with van der Waals surface area (Å²) in [7, 11) is 0. The lowest BCUT2D eigenvalue weighted by molar-refractivity contribution is -0.137. The van der Waals surface area contributed by atoms with E-state index in [0.717, 1.165) is 11.3 Å². The Hall–Kier alpha value is -2.29. The molecule has 0 aliphatic heterocycles. The third kappa shape index (κ3) is 5.73. The van der Waals surface area contributed by atoms with E-state index in [1.54, 1.807) is 25.2 Å². The standard InChI is InChI=1S/C16H18O3/c1-3-13-19-15-11-7-5-9-14(15)10-6-8-12-16(17)18-4-2/h3,5-12H,1,4,13H2,2H3. The molecule has 100 valence electrons. The first kappa shape index (κ1) is 14.8. The molecule has 0 atom stereocenters. The Labute approximate surface area is 113 Å². The number of hydrogen-bond donors (Lipinski definition) is 0. The Morgan fingerprint density at radius 1 is 1.32 bits per heavy atom. The van der Waals surface area contributed by atoms with Gasteiger partial charge in [-0.05, 0) is 13.0 Å². The largest absolute Gasteiger partial charge is 0.489 e. The Morgan fingerprint density at radius 3 is 2.84 bits per heavy atom. The van der Waals surface area contributed by atoms with Crippen LogP contribution < -0.4 is 4.74 Å². The van der Waals surface area contributed by atoms with Crippen molar-refractivity contribution in [3.63, 3.8) is 0 Å². The number of ether oxygens (including phenoxy) is 2. The first-order valence-corrected chi connectivity index (χ1v) is 6.12. The van der Waals surface area contributed by atoms with Gasteiger partial charge in [-0.2, -0.15) is 0 Å². The van der Waals surface area contributed by atoms with Crippen molar-refractivity contribution in [2.45, 2.75) is 6.92 Å². The van der Waals surface area contributed by atoms with Gasteiger partial charge in [-0.3, -0.25) is 0 Å². The highest BCUT2D eigenvalue weighted by Gasteiger charge is 1.97. The third-order valence-corrected chi connectivity index (χ3v) is 2.18. The molecule has 3 heteroatoms. The predicted octanol–water partition coefficient (Wildman–Crippen LogP) is 3.38. The van der Waals surface area contributed by atoms with E-state index >= 15 is 0 Å². The van der Waals surface area contributed by atoms with Crippen molar-refractivity contribution in [2.24, 2.45) is 0 Å². The summed E-state index contributed by atoms with van der Waals surface area (Å²) in [5, 5.41) is 0. The summed E-state index contributed by atoms with van der Waals surface area (Å²) in [6.45, 7) is 6.23. The molecule has 0 aromatic heterocycles. The SMILES string of the molecule is C=CCOc1ccccc1C=CC=CC(=O)OCC. The first-order valence-electron chi connectivity index (χ1n) is 6.12. The maximum Gasteiger partial charge on any atom is 0.330 e. The summed E-state index contributed by atoms with van der Waals surface area (Å²) < 4.78 is 10.3. The molecule has 0 bridgehead atoms. The van der Waals surface area contributed by atoms with Crippen LogP contribution in [0.25, 0.3) is 6.08 Å². The number of carbonyl (C=O) groups excluding carboxylic acids is 1. The van der Waals surface area contributed by atoms with Gasteiger partial charge in [-0.25, -0.2) is 4.79 Å². The van der Waals surface area contributed by atoms with E-state index in [4.69, 9.17) is 9.47 Å². The summed E-state index contributed by atoms with van der Waals surface area (Å²) in [6.07, 6.45) is 8.36. The van der Waals surface area contributed by atoms with Crippen molar-refractivity contribution < 1.29 is 14.3 Å². The number of allylic oxidation sites excluding steroid dienone is 2. The molecule has 1 aromatic carbocycles. The lowest BCUT2D eigenvalue weighted by Gasteiger charge is -2.06. The zero-order chi connectivity index (χ0) is 13.9. The topological polar surface area (TPSA) is 35.5 Å². The molecule has 1 rings (SSSR count). The van der Waals surface area contributed by atoms with E-state index in [1.165, 1.54) is 6.08 Å². The predicted molar refractivity (Wildman–Crippen MR) is 76.9 cm³/mol. The molecule has 0 fully saturated rings. The van der Waals surface area contributed by atoms with Gasteiger partial charge in [0.1, 0.15) is 12.4 Å². The molecule has 0 spiro atoms. The molecule has 0 amide bonds. The minimum Gasteiger partial charge on any atom is -0.489 e. The molecule has 0 unspecified atom stereocenters. The maximum absolute atomic E-state index is 11.1. The summed E-state index contributed by atoms with van der Waals surface area (Å²) in [4.78, 5) is 11.1. The average molecular weight is 258 g/mol. The molecule has 19 heavy (non-hydrogen) atoms. The van der Waals surface area contributed by atoms with Crippen molar-refractivity contribution >= 4 is 12.0 Å². The number of hydrogen-bond acceptors (Lipinski definition) is 3. The van der Waals surface area contributed by atoms with Crippen LogP contribution in [0.5, 0.6) is 5.75 Å². The van der Waals surface area contributed by atoms with E-state index in [2.05, 4.69) is 6.58 Å². The third-order valence-electron chi connectivity index (χ3n) is 2.18. The highest BCUT2D eigenvalue weighted by atomic mass is 16.5. The number of para-hydroxylation sites is 1. The summed E-state index contributed by atoms with van der Waals surface area (Å²) in [5.74, 6) is 0.437. The highest BCUT2D eigenvalue weighted by molar-refractivity contribution is 5.82. The molecule has 3 nitrogen and oxygen atoms in total. The smallest absolute Gasteiger partial charge is 0.330 e. The van der Waals surface area contributed by atoms with Crippen LogP contribution in [0.1, 0.15) is 12.5 Å². The van der Waals surface area contributed by atoms with Crippen LogP contribution in [0.2, 0.25) is 0 Å². The second-order valence-corrected chi connectivity index (χ2v) is 3.61. The molecule has 0 heterocycles. The molecule has 0 saturated heterocycles. The van der Waals surface area contributed by atoms with Crippen molar-refractivity contribution in [3.05, 3.63) is 60.7 Å². The average Bonchev–Trinajstić information content (AvgIpc) is 2.42. The summed E-state index contributed by atoms with van der Waals surface area (Å²) >= 11 is 0. The van der Waals surface area contributed by atoms with Crippen LogP contribution in [0.3, 0.4) is 0 Å². The maximum atomic E-state index is 11.1. The molecule has 0 N–H and O–H groups in total. The molecule has 0 aliphatic carbocycles. The number of esters is 1. The fourth-order valence-electron chi connectivity index (χ4n) is 1.38. The lowest BCUT2D eigenvalue weighted by Crippen LogP contribution is -1.98. The van der Waals surface area contributed by atoms with Crippen LogP contribution in [0.4, 0.5) is 0 Å². The molecule has 1 aromatic rings. The second kappa shape index (κ2) is 8.75. The first-order chi connectivity index (χ1) is 9.27. The zero-order valence-electron chi connectivity index (χ0n) is 11.0. The van der Waals surface area contributed by atoms with Crippen LogP contribution >= 0.6 is 0 Å². The lowest BCUT2D eigenvalue weighted by atomic mass is 10.2. The minimum atomic E-state index is -0.344. The van der Waals surface area contributed by atoms with E-state index in [0.29, 0.717) is 13.2 Å². The highest BCUT2D eigenvalue weighted by Crippen LogP contribution is 2.19. The van der Waals surface area contributed by atoms with Gasteiger partial charge in [-0.15, -0.1) is 0 Å². The molecule has 0 aliphatic rings. The van der Waals surface area contributed by atoms with E-state index in [1.807, 2.05) is 30.3 Å². The molecule has 0 saturated carbocycles. The van der Waals surface area contributed by atoms with Crippen molar-refractivity contribution in [2.75, 3.05) is 13.2 Å². The van der Waals surface area contributed by atoms with Crippen molar-refractivity contribution in [1.29, 1.82) is 0 Å². The molecule has 0 radical (unpaired) electrons. The fourth-order valence-corrected chi connectivity index (χ4v) is 1.38. The quantitative estimate of drug-likeness (QED) is 0.325. The summed E-state index contributed by atoms with van der Waals surface area (Å²) in [6, 6.07) is 7.66. The van der Waals surface area contributed by atoms with Crippen molar-refractivity contribution in [3.8, 4) is 5.75 Å².